The van der Waals surface area contributed by atoms with Crippen LogP contribution in [0.4, 0.5) is 0 Å². The lowest BCUT2D eigenvalue weighted by Gasteiger charge is -2.07. The number of nitrogens with zero attached hydrogens (tertiary/aromatic N) is 2. The van der Waals surface area contributed by atoms with Crippen molar-refractivity contribution >= 4 is 5.97 Å². The number of nitrogens with one attached hydrogen (secondary N) is 1. The van der Waals surface area contributed by atoms with Gasteiger partial charge in [-0.05, 0) is 32.2 Å². The maximum absolute atomic E-state index is 11.0. The van der Waals surface area contributed by atoms with E-state index in [-0.39, 0.29) is 5.56 Å². The Bertz CT molecular complexity index is 463. The molecule has 1 heterocycles. The van der Waals surface area contributed by atoms with Crippen molar-refractivity contribution in [2.75, 3.05) is 6.54 Å². The van der Waals surface area contributed by atoms with E-state index in [0.717, 1.165) is 18.7 Å². The molecule has 1 aromatic rings. The number of carboxylic acid groups (broad SMARTS) is 1. The van der Waals surface area contributed by atoms with Gasteiger partial charge in [-0.3, -0.25) is 4.68 Å². The summed E-state index contributed by atoms with van der Waals surface area (Å²) in [5.74, 6) is -0.918. The molecule has 2 N–H and O–H groups in total. The Hall–Kier alpha value is -1.62. The molecule has 0 saturated carbocycles. The Balaban J connectivity index is 1.82. The molecule has 0 aromatic carbocycles. The lowest BCUT2D eigenvalue weighted by molar-refractivity contribution is 0.0695. The average molecular weight is 249 g/mol. The molecule has 0 aliphatic heterocycles. The molecule has 0 unspecified atom stereocenters. The van der Waals surface area contributed by atoms with Gasteiger partial charge in [-0.2, -0.15) is 5.10 Å². The average Bonchev–Trinajstić information content (AvgIpc) is 2.94. The van der Waals surface area contributed by atoms with E-state index in [4.69, 9.17) is 5.11 Å². The molecule has 0 bridgehead atoms. The van der Waals surface area contributed by atoms with Crippen LogP contribution in [0.5, 0.6) is 0 Å². The third-order valence-corrected chi connectivity index (χ3v) is 3.34. The lowest BCUT2D eigenvalue weighted by Crippen LogP contribution is -2.19. The molecule has 1 aromatic heterocycles. The minimum absolute atomic E-state index is 0.282. The summed E-state index contributed by atoms with van der Waals surface area (Å²) in [4.78, 5) is 11.0. The Morgan fingerprint density at radius 1 is 1.61 bits per heavy atom. The highest BCUT2D eigenvalue weighted by atomic mass is 16.4. The SMILES string of the molecule is Cn1ncc(C(=O)O)c1CNCCC1=CCCC1. The smallest absolute Gasteiger partial charge is 0.339 e. The van der Waals surface area contributed by atoms with E-state index in [0.29, 0.717) is 6.54 Å². The number of aromatic nitrogens is 2. The first-order chi connectivity index (χ1) is 8.68. The largest absolute Gasteiger partial charge is 0.478 e. The fourth-order valence-corrected chi connectivity index (χ4v) is 2.27. The number of aromatic carboxylic acids is 1. The van der Waals surface area contributed by atoms with E-state index in [9.17, 15) is 4.79 Å². The fraction of sp³-hybridized carbons (Fsp3) is 0.538. The molecule has 0 spiro atoms. The Morgan fingerprint density at radius 3 is 3.11 bits per heavy atom. The minimum atomic E-state index is -0.918. The number of hydrogen-bond donors (Lipinski definition) is 2. The van der Waals surface area contributed by atoms with Crippen LogP contribution in [0.1, 0.15) is 41.7 Å². The van der Waals surface area contributed by atoms with Crippen LogP contribution in [0.2, 0.25) is 0 Å². The van der Waals surface area contributed by atoms with Gasteiger partial charge in [0.1, 0.15) is 5.56 Å². The van der Waals surface area contributed by atoms with Crippen molar-refractivity contribution in [1.82, 2.24) is 15.1 Å². The minimum Gasteiger partial charge on any atom is -0.478 e. The van der Waals surface area contributed by atoms with Gasteiger partial charge in [-0.25, -0.2) is 4.79 Å². The van der Waals surface area contributed by atoms with Crippen LogP contribution in [0.15, 0.2) is 17.8 Å². The molecular weight excluding hydrogens is 230 g/mol. The van der Waals surface area contributed by atoms with E-state index in [1.54, 1.807) is 11.7 Å². The molecule has 0 amide bonds. The van der Waals surface area contributed by atoms with Crippen molar-refractivity contribution in [1.29, 1.82) is 0 Å². The summed E-state index contributed by atoms with van der Waals surface area (Å²) in [6.07, 6.45) is 8.47. The molecule has 2 rings (SSSR count). The van der Waals surface area contributed by atoms with Crippen molar-refractivity contribution in [2.45, 2.75) is 32.2 Å². The predicted molar refractivity (Wildman–Crippen MR) is 68.4 cm³/mol. The Morgan fingerprint density at radius 2 is 2.44 bits per heavy atom. The first-order valence-corrected chi connectivity index (χ1v) is 6.31. The van der Waals surface area contributed by atoms with E-state index >= 15 is 0 Å². The van der Waals surface area contributed by atoms with Crippen molar-refractivity contribution < 1.29 is 9.90 Å². The molecule has 0 saturated heterocycles. The summed E-state index contributed by atoms with van der Waals surface area (Å²) in [7, 11) is 1.77. The standard InChI is InChI=1S/C13H19N3O2/c1-16-12(11(8-15-16)13(17)18)9-14-7-6-10-4-2-3-5-10/h4,8,14H,2-3,5-7,9H2,1H3,(H,17,18). The summed E-state index contributed by atoms with van der Waals surface area (Å²) in [6, 6.07) is 0. The Labute approximate surface area is 106 Å². The van der Waals surface area contributed by atoms with Gasteiger partial charge in [0.2, 0.25) is 0 Å². The number of rotatable bonds is 6. The van der Waals surface area contributed by atoms with Crippen molar-refractivity contribution in [3.05, 3.63) is 29.1 Å². The monoisotopic (exact) mass is 249 g/mol. The molecule has 1 aliphatic carbocycles. The van der Waals surface area contributed by atoms with Crippen molar-refractivity contribution in [2.24, 2.45) is 7.05 Å². The van der Waals surface area contributed by atoms with Crippen LogP contribution in [0.3, 0.4) is 0 Å². The van der Waals surface area contributed by atoms with Crippen LogP contribution in [-0.2, 0) is 13.6 Å². The third kappa shape index (κ3) is 2.98. The van der Waals surface area contributed by atoms with Gasteiger partial charge in [-0.15, -0.1) is 0 Å². The van der Waals surface area contributed by atoms with Crippen LogP contribution in [0, 0.1) is 0 Å². The van der Waals surface area contributed by atoms with E-state index < -0.39 is 5.97 Å². The highest BCUT2D eigenvalue weighted by Crippen LogP contribution is 2.19. The first-order valence-electron chi connectivity index (χ1n) is 6.31. The van der Waals surface area contributed by atoms with Crippen molar-refractivity contribution in [3.8, 4) is 0 Å². The molecule has 98 valence electrons. The second-order valence-corrected chi connectivity index (χ2v) is 4.62. The molecule has 0 radical (unpaired) electrons. The number of hydrogen-bond acceptors (Lipinski definition) is 3. The fourth-order valence-electron chi connectivity index (χ4n) is 2.27. The highest BCUT2D eigenvalue weighted by molar-refractivity contribution is 5.88. The molecule has 5 heteroatoms. The number of aryl methyl sites for hydroxylation is 1. The summed E-state index contributed by atoms with van der Waals surface area (Å²) in [6.45, 7) is 1.43. The second kappa shape index (κ2) is 5.82. The number of allylic oxidation sites excluding steroid dienone is 1. The summed E-state index contributed by atoms with van der Waals surface area (Å²) >= 11 is 0. The molecule has 5 nitrogen and oxygen atoms in total. The maximum Gasteiger partial charge on any atom is 0.339 e. The van der Waals surface area contributed by atoms with Crippen LogP contribution in [0.25, 0.3) is 0 Å². The first kappa shape index (κ1) is 12.8. The van der Waals surface area contributed by atoms with Crippen molar-refractivity contribution in [3.63, 3.8) is 0 Å². The normalized spacial score (nSPS) is 14.8. The molecule has 18 heavy (non-hydrogen) atoms. The third-order valence-electron chi connectivity index (χ3n) is 3.34. The predicted octanol–water partition coefficient (Wildman–Crippen LogP) is 1.71. The van der Waals surface area contributed by atoms with Gasteiger partial charge < -0.3 is 10.4 Å². The summed E-state index contributed by atoms with van der Waals surface area (Å²) in [5, 5.41) is 16.3. The van der Waals surface area contributed by atoms with Gasteiger partial charge in [0, 0.05) is 13.6 Å². The van der Waals surface area contributed by atoms with Gasteiger partial charge in [0.05, 0.1) is 11.9 Å². The van der Waals surface area contributed by atoms with Gasteiger partial charge in [-0.1, -0.05) is 11.6 Å². The Kier molecular flexibility index (Phi) is 4.15. The molecule has 0 fully saturated rings. The van der Waals surface area contributed by atoms with Crippen LogP contribution in [-0.4, -0.2) is 27.4 Å². The molecule has 1 aliphatic rings. The second-order valence-electron chi connectivity index (χ2n) is 4.62. The zero-order chi connectivity index (χ0) is 13.0. The lowest BCUT2D eigenvalue weighted by atomic mass is 10.1. The zero-order valence-electron chi connectivity index (χ0n) is 10.6. The van der Waals surface area contributed by atoms with E-state index in [1.807, 2.05) is 0 Å². The van der Waals surface area contributed by atoms with Crippen LogP contribution >= 0.6 is 0 Å². The summed E-state index contributed by atoms with van der Waals surface area (Å²) < 4.78 is 1.62. The topological polar surface area (TPSA) is 67.2 Å². The van der Waals surface area contributed by atoms with Gasteiger partial charge >= 0.3 is 5.97 Å². The van der Waals surface area contributed by atoms with Gasteiger partial charge in [0.15, 0.2) is 0 Å². The number of carboxylic acids is 1. The quantitative estimate of drug-likeness (QED) is 0.595. The van der Waals surface area contributed by atoms with Crippen LogP contribution < -0.4 is 5.32 Å². The summed E-state index contributed by atoms with van der Waals surface area (Å²) in [5.41, 5.74) is 2.53. The van der Waals surface area contributed by atoms with E-state index in [2.05, 4.69) is 16.5 Å². The van der Waals surface area contributed by atoms with Gasteiger partial charge in [0.25, 0.3) is 0 Å². The van der Waals surface area contributed by atoms with E-state index in [1.165, 1.54) is 31.0 Å². The molecule has 0 atom stereocenters. The zero-order valence-corrected chi connectivity index (χ0v) is 10.6. The maximum atomic E-state index is 11.0. The molecular formula is C13H19N3O2. The number of carbonyl (C=O) groups is 1. The highest BCUT2D eigenvalue weighted by Gasteiger charge is 2.14.